The van der Waals surface area contributed by atoms with E-state index in [1.54, 1.807) is 11.3 Å². The molecule has 1 saturated carbocycles. The Morgan fingerprint density at radius 3 is 2.95 bits per heavy atom. The van der Waals surface area contributed by atoms with E-state index in [0.717, 1.165) is 45.1 Å². The fourth-order valence-corrected chi connectivity index (χ4v) is 4.41. The van der Waals surface area contributed by atoms with E-state index < -0.39 is 0 Å². The van der Waals surface area contributed by atoms with Gasteiger partial charge in [-0.05, 0) is 48.1 Å². The Hall–Kier alpha value is -0.870. The van der Waals surface area contributed by atoms with Crippen molar-refractivity contribution >= 4 is 17.2 Å². The summed E-state index contributed by atoms with van der Waals surface area (Å²) in [7, 11) is 0. The number of thiophene rings is 1. The number of nitrogens with zero attached hydrogens (tertiary/aromatic N) is 1. The Labute approximate surface area is 118 Å². The van der Waals surface area contributed by atoms with Gasteiger partial charge in [0.2, 0.25) is 5.91 Å². The number of aryl methyl sites for hydroxylation is 1. The molecule has 1 saturated heterocycles. The van der Waals surface area contributed by atoms with Crippen LogP contribution < -0.4 is 0 Å². The molecule has 4 heteroatoms. The summed E-state index contributed by atoms with van der Waals surface area (Å²) >= 11 is 1.68. The van der Waals surface area contributed by atoms with Crippen LogP contribution in [0.3, 0.4) is 0 Å². The molecule has 2 heterocycles. The quantitative estimate of drug-likeness (QED) is 0.924. The first-order valence-corrected chi connectivity index (χ1v) is 8.16. The van der Waals surface area contributed by atoms with Crippen molar-refractivity contribution in [3.8, 4) is 0 Å². The highest BCUT2D eigenvalue weighted by molar-refractivity contribution is 7.07. The van der Waals surface area contributed by atoms with Crippen molar-refractivity contribution in [2.75, 3.05) is 6.54 Å². The monoisotopic (exact) mass is 279 g/mol. The lowest BCUT2D eigenvalue weighted by Gasteiger charge is -2.37. The minimum absolute atomic E-state index is 0.217. The van der Waals surface area contributed by atoms with Gasteiger partial charge in [-0.25, -0.2) is 0 Å². The van der Waals surface area contributed by atoms with Crippen molar-refractivity contribution in [2.24, 2.45) is 0 Å². The summed E-state index contributed by atoms with van der Waals surface area (Å²) in [6, 6.07) is 2.09. The highest BCUT2D eigenvalue weighted by Crippen LogP contribution is 2.43. The molecule has 2 aliphatic rings. The lowest BCUT2D eigenvalue weighted by molar-refractivity contribution is -0.137. The topological polar surface area (TPSA) is 40.5 Å². The van der Waals surface area contributed by atoms with Crippen molar-refractivity contribution in [3.05, 3.63) is 22.4 Å². The molecule has 19 heavy (non-hydrogen) atoms. The number of hydrogen-bond donors (Lipinski definition) is 1. The van der Waals surface area contributed by atoms with Crippen molar-refractivity contribution in [3.63, 3.8) is 0 Å². The third kappa shape index (κ3) is 2.32. The Bertz CT molecular complexity index is 437. The van der Waals surface area contributed by atoms with Gasteiger partial charge in [-0.15, -0.1) is 0 Å². The van der Waals surface area contributed by atoms with Gasteiger partial charge < -0.3 is 10.0 Å². The van der Waals surface area contributed by atoms with E-state index in [4.69, 9.17) is 0 Å². The zero-order chi connectivity index (χ0) is 13.3. The van der Waals surface area contributed by atoms with E-state index >= 15 is 0 Å². The molecule has 0 aromatic carbocycles. The van der Waals surface area contributed by atoms with Gasteiger partial charge in [0.1, 0.15) is 0 Å². The highest BCUT2D eigenvalue weighted by Gasteiger charge is 2.51. The maximum absolute atomic E-state index is 12.5. The molecule has 1 spiro atoms. The predicted octanol–water partition coefficient (Wildman–Crippen LogP) is 2.59. The molecule has 3 nitrogen and oxygen atoms in total. The summed E-state index contributed by atoms with van der Waals surface area (Å²) in [5, 5.41) is 14.4. The summed E-state index contributed by atoms with van der Waals surface area (Å²) in [4.78, 5) is 14.5. The SMILES string of the molecule is O=C(CCc1ccsc1)N1CCC(O)C12CCCC2. The lowest BCUT2D eigenvalue weighted by Crippen LogP contribution is -2.50. The Balaban J connectivity index is 1.65. The van der Waals surface area contributed by atoms with Gasteiger partial charge in [-0.3, -0.25) is 4.79 Å². The summed E-state index contributed by atoms with van der Waals surface area (Å²) < 4.78 is 0. The third-order valence-electron chi connectivity index (χ3n) is 4.76. The van der Waals surface area contributed by atoms with Crippen LogP contribution in [0.2, 0.25) is 0 Å². The maximum atomic E-state index is 12.5. The van der Waals surface area contributed by atoms with Crippen LogP contribution in [0.1, 0.15) is 44.1 Å². The van der Waals surface area contributed by atoms with Gasteiger partial charge in [0.05, 0.1) is 11.6 Å². The Morgan fingerprint density at radius 2 is 2.26 bits per heavy atom. The molecular formula is C15H21NO2S. The van der Waals surface area contributed by atoms with Crippen molar-refractivity contribution in [1.82, 2.24) is 4.90 Å². The van der Waals surface area contributed by atoms with Crippen LogP contribution in [-0.2, 0) is 11.2 Å². The van der Waals surface area contributed by atoms with Gasteiger partial charge in [0.25, 0.3) is 0 Å². The molecule has 1 N–H and O–H groups in total. The standard InChI is InChI=1S/C15H21NO2S/c17-13-5-9-16(15(13)7-1-2-8-15)14(18)4-3-12-6-10-19-11-12/h6,10-11,13,17H,1-5,7-9H2. The fourth-order valence-electron chi connectivity index (χ4n) is 3.71. The van der Waals surface area contributed by atoms with Crippen LogP contribution in [-0.4, -0.2) is 34.1 Å². The minimum atomic E-state index is -0.305. The average Bonchev–Trinajstić information content (AvgIpc) is 3.13. The molecule has 1 aliphatic heterocycles. The molecular weight excluding hydrogens is 258 g/mol. The van der Waals surface area contributed by atoms with Gasteiger partial charge >= 0.3 is 0 Å². The predicted molar refractivity (Wildman–Crippen MR) is 76.2 cm³/mol. The first kappa shape index (κ1) is 13.1. The first-order chi connectivity index (χ1) is 9.22. The molecule has 1 aromatic rings. The minimum Gasteiger partial charge on any atom is -0.391 e. The van der Waals surface area contributed by atoms with Crippen molar-refractivity contribution in [2.45, 2.75) is 56.6 Å². The second-order valence-corrected chi connectivity index (χ2v) is 6.57. The summed E-state index contributed by atoms with van der Waals surface area (Å²) in [5.41, 5.74) is 1.03. The molecule has 1 amide bonds. The maximum Gasteiger partial charge on any atom is 0.223 e. The van der Waals surface area contributed by atoms with Crippen molar-refractivity contribution in [1.29, 1.82) is 0 Å². The molecule has 3 rings (SSSR count). The molecule has 0 radical (unpaired) electrons. The van der Waals surface area contributed by atoms with E-state index in [2.05, 4.69) is 16.8 Å². The molecule has 0 bridgehead atoms. The van der Waals surface area contributed by atoms with Gasteiger partial charge in [-0.1, -0.05) is 12.8 Å². The lowest BCUT2D eigenvalue weighted by atomic mass is 9.91. The van der Waals surface area contributed by atoms with E-state index in [1.807, 2.05) is 4.90 Å². The van der Waals surface area contributed by atoms with Crippen LogP contribution >= 0.6 is 11.3 Å². The number of likely N-dealkylation sites (tertiary alicyclic amines) is 1. The first-order valence-electron chi connectivity index (χ1n) is 7.22. The number of hydrogen-bond acceptors (Lipinski definition) is 3. The second-order valence-electron chi connectivity index (χ2n) is 5.79. The second kappa shape index (κ2) is 5.25. The van der Waals surface area contributed by atoms with Gasteiger partial charge in [0.15, 0.2) is 0 Å². The van der Waals surface area contributed by atoms with E-state index in [0.29, 0.717) is 6.42 Å². The smallest absolute Gasteiger partial charge is 0.223 e. The number of amides is 1. The highest BCUT2D eigenvalue weighted by atomic mass is 32.1. The van der Waals surface area contributed by atoms with Gasteiger partial charge in [0, 0.05) is 13.0 Å². The van der Waals surface area contributed by atoms with E-state index in [-0.39, 0.29) is 17.6 Å². The molecule has 104 valence electrons. The molecule has 2 fully saturated rings. The summed E-state index contributed by atoms with van der Waals surface area (Å²) in [6.07, 6.45) is 6.11. The molecule has 1 aromatic heterocycles. The van der Waals surface area contributed by atoms with Crippen LogP contribution in [0.5, 0.6) is 0 Å². The zero-order valence-corrected chi connectivity index (χ0v) is 12.0. The zero-order valence-electron chi connectivity index (χ0n) is 11.2. The fraction of sp³-hybridized carbons (Fsp3) is 0.667. The number of carbonyl (C=O) groups excluding carboxylic acids is 1. The van der Waals surface area contributed by atoms with Crippen LogP contribution in [0.25, 0.3) is 0 Å². The number of carbonyl (C=O) groups is 1. The number of aliphatic hydroxyl groups is 1. The van der Waals surface area contributed by atoms with Crippen molar-refractivity contribution < 1.29 is 9.90 Å². The van der Waals surface area contributed by atoms with E-state index in [1.165, 1.54) is 5.56 Å². The van der Waals surface area contributed by atoms with Crippen LogP contribution in [0.4, 0.5) is 0 Å². The molecule has 1 atom stereocenters. The van der Waals surface area contributed by atoms with E-state index in [9.17, 15) is 9.90 Å². The van der Waals surface area contributed by atoms with Crippen LogP contribution in [0.15, 0.2) is 16.8 Å². The largest absolute Gasteiger partial charge is 0.391 e. The summed E-state index contributed by atoms with van der Waals surface area (Å²) in [5.74, 6) is 0.227. The summed E-state index contributed by atoms with van der Waals surface area (Å²) in [6.45, 7) is 0.740. The normalized spacial score (nSPS) is 25.3. The number of rotatable bonds is 3. The van der Waals surface area contributed by atoms with Gasteiger partial charge in [-0.2, -0.15) is 11.3 Å². The Kier molecular flexibility index (Phi) is 3.63. The van der Waals surface area contributed by atoms with Crippen LogP contribution in [0, 0.1) is 0 Å². The molecule has 1 unspecified atom stereocenters. The molecule has 1 aliphatic carbocycles. The average molecular weight is 279 g/mol. The third-order valence-corrected chi connectivity index (χ3v) is 5.49. The number of aliphatic hydroxyl groups excluding tert-OH is 1. The Morgan fingerprint density at radius 1 is 1.47 bits per heavy atom.